The van der Waals surface area contributed by atoms with Gasteiger partial charge < -0.3 is 5.32 Å². The highest BCUT2D eigenvalue weighted by Crippen LogP contribution is 2.26. The van der Waals surface area contributed by atoms with Gasteiger partial charge in [0.2, 0.25) is 5.91 Å². The van der Waals surface area contributed by atoms with Crippen molar-refractivity contribution in [3.63, 3.8) is 0 Å². The summed E-state index contributed by atoms with van der Waals surface area (Å²) in [6.07, 6.45) is 0.685. The maximum Gasteiger partial charge on any atom is 0.230 e. The molecule has 0 aliphatic heterocycles. The van der Waals surface area contributed by atoms with Crippen molar-refractivity contribution >= 4 is 23.2 Å². The fourth-order valence-corrected chi connectivity index (χ4v) is 2.22. The topological polar surface area (TPSA) is 29.1 Å². The zero-order valence-corrected chi connectivity index (χ0v) is 12.4. The molecule has 2 aromatic carbocycles. The van der Waals surface area contributed by atoms with Crippen LogP contribution in [0.15, 0.2) is 54.6 Å². The molecular weight excluding hydrogens is 270 g/mol. The van der Waals surface area contributed by atoms with E-state index in [2.05, 4.69) is 5.32 Å². The predicted octanol–water partition coefficient (Wildman–Crippen LogP) is 4.55. The van der Waals surface area contributed by atoms with Crippen LogP contribution in [0.2, 0.25) is 5.02 Å². The van der Waals surface area contributed by atoms with E-state index in [-0.39, 0.29) is 5.91 Å². The molecule has 0 radical (unpaired) electrons. The van der Waals surface area contributed by atoms with Crippen molar-refractivity contribution in [1.82, 2.24) is 0 Å². The van der Waals surface area contributed by atoms with Gasteiger partial charge in [-0.3, -0.25) is 4.79 Å². The third-order valence-electron chi connectivity index (χ3n) is 3.23. The highest BCUT2D eigenvalue weighted by molar-refractivity contribution is 6.33. The van der Waals surface area contributed by atoms with E-state index < -0.39 is 5.41 Å². The monoisotopic (exact) mass is 287 g/mol. The number of rotatable bonds is 4. The van der Waals surface area contributed by atoms with Crippen LogP contribution in [0.1, 0.15) is 19.4 Å². The molecule has 0 aliphatic carbocycles. The first-order valence-corrected chi connectivity index (χ1v) is 6.97. The summed E-state index contributed by atoms with van der Waals surface area (Å²) in [7, 11) is 0. The fraction of sp³-hybridized carbons (Fsp3) is 0.235. The number of benzene rings is 2. The van der Waals surface area contributed by atoms with Gasteiger partial charge in [0.05, 0.1) is 10.7 Å². The molecule has 0 unspecified atom stereocenters. The Hall–Kier alpha value is -1.80. The van der Waals surface area contributed by atoms with Gasteiger partial charge in [0.1, 0.15) is 0 Å². The van der Waals surface area contributed by atoms with E-state index in [1.165, 1.54) is 0 Å². The number of anilines is 1. The molecule has 20 heavy (non-hydrogen) atoms. The summed E-state index contributed by atoms with van der Waals surface area (Å²) in [4.78, 5) is 12.4. The summed E-state index contributed by atoms with van der Waals surface area (Å²) in [5, 5.41) is 3.45. The molecule has 2 aromatic rings. The van der Waals surface area contributed by atoms with E-state index in [0.29, 0.717) is 17.1 Å². The Morgan fingerprint density at radius 2 is 1.65 bits per heavy atom. The van der Waals surface area contributed by atoms with Crippen molar-refractivity contribution in [2.45, 2.75) is 20.3 Å². The summed E-state index contributed by atoms with van der Waals surface area (Å²) in [6.45, 7) is 3.87. The molecule has 104 valence electrons. The van der Waals surface area contributed by atoms with Gasteiger partial charge in [-0.2, -0.15) is 0 Å². The average molecular weight is 288 g/mol. The lowest BCUT2D eigenvalue weighted by Gasteiger charge is -2.24. The quantitative estimate of drug-likeness (QED) is 0.878. The standard InChI is InChI=1S/C17H18ClNO/c1-17(2,12-13-8-4-3-5-9-13)16(20)19-15-11-7-6-10-14(15)18/h3-11H,12H2,1-2H3,(H,19,20). The van der Waals surface area contributed by atoms with E-state index in [4.69, 9.17) is 11.6 Å². The second-order valence-electron chi connectivity index (χ2n) is 5.48. The van der Waals surface area contributed by atoms with Crippen molar-refractivity contribution < 1.29 is 4.79 Å². The molecule has 0 saturated carbocycles. The minimum Gasteiger partial charge on any atom is -0.324 e. The maximum atomic E-state index is 12.4. The highest BCUT2D eigenvalue weighted by Gasteiger charge is 2.28. The zero-order chi connectivity index (χ0) is 14.6. The third-order valence-corrected chi connectivity index (χ3v) is 3.56. The lowest BCUT2D eigenvalue weighted by molar-refractivity contribution is -0.123. The number of hydrogen-bond donors (Lipinski definition) is 1. The first-order valence-electron chi connectivity index (χ1n) is 6.59. The van der Waals surface area contributed by atoms with Gasteiger partial charge >= 0.3 is 0 Å². The summed E-state index contributed by atoms with van der Waals surface area (Å²) >= 11 is 6.06. The van der Waals surface area contributed by atoms with Crippen molar-refractivity contribution in [2.75, 3.05) is 5.32 Å². The lowest BCUT2D eigenvalue weighted by Crippen LogP contribution is -2.32. The molecule has 2 nitrogen and oxygen atoms in total. The minimum absolute atomic E-state index is 0.0329. The molecule has 0 spiro atoms. The van der Waals surface area contributed by atoms with E-state index in [1.807, 2.05) is 56.3 Å². The molecule has 0 atom stereocenters. The number of para-hydroxylation sites is 1. The Kier molecular flexibility index (Phi) is 4.46. The second kappa shape index (κ2) is 6.10. The summed E-state index contributed by atoms with van der Waals surface area (Å²) in [5.41, 5.74) is 1.30. The van der Waals surface area contributed by atoms with Gasteiger partial charge in [0, 0.05) is 5.41 Å². The van der Waals surface area contributed by atoms with Crippen LogP contribution in [-0.4, -0.2) is 5.91 Å². The Bertz CT molecular complexity index is 593. The van der Waals surface area contributed by atoms with Crippen LogP contribution in [0, 0.1) is 5.41 Å². The maximum absolute atomic E-state index is 12.4. The molecule has 0 saturated heterocycles. The third kappa shape index (κ3) is 3.61. The summed E-state index contributed by atoms with van der Waals surface area (Å²) < 4.78 is 0. The minimum atomic E-state index is -0.499. The fourth-order valence-electron chi connectivity index (χ4n) is 2.04. The number of amides is 1. The van der Waals surface area contributed by atoms with E-state index in [0.717, 1.165) is 5.56 Å². The molecule has 3 heteroatoms. The largest absolute Gasteiger partial charge is 0.324 e. The van der Waals surface area contributed by atoms with Gasteiger partial charge in [-0.15, -0.1) is 0 Å². The van der Waals surface area contributed by atoms with Gasteiger partial charge in [-0.1, -0.05) is 67.9 Å². The molecule has 0 aliphatic rings. The molecule has 1 N–H and O–H groups in total. The number of carbonyl (C=O) groups excluding carboxylic acids is 1. The van der Waals surface area contributed by atoms with Crippen molar-refractivity contribution in [1.29, 1.82) is 0 Å². The molecule has 0 heterocycles. The SMILES string of the molecule is CC(C)(Cc1ccccc1)C(=O)Nc1ccccc1Cl. The first-order chi connectivity index (χ1) is 9.49. The first kappa shape index (κ1) is 14.6. The molecule has 0 bridgehead atoms. The van der Waals surface area contributed by atoms with Crippen molar-refractivity contribution in [2.24, 2.45) is 5.41 Å². The van der Waals surface area contributed by atoms with Gasteiger partial charge in [0.25, 0.3) is 0 Å². The molecule has 0 aromatic heterocycles. The summed E-state index contributed by atoms with van der Waals surface area (Å²) in [6, 6.07) is 17.3. The van der Waals surface area contributed by atoms with Crippen LogP contribution >= 0.6 is 11.6 Å². The van der Waals surface area contributed by atoms with Crippen LogP contribution in [0.4, 0.5) is 5.69 Å². The number of carbonyl (C=O) groups is 1. The van der Waals surface area contributed by atoms with E-state index in [1.54, 1.807) is 12.1 Å². The predicted molar refractivity (Wildman–Crippen MR) is 84.0 cm³/mol. The van der Waals surface area contributed by atoms with Gasteiger partial charge in [-0.25, -0.2) is 0 Å². The Morgan fingerprint density at radius 3 is 2.30 bits per heavy atom. The van der Waals surface area contributed by atoms with Crippen LogP contribution in [-0.2, 0) is 11.2 Å². The molecule has 1 amide bonds. The van der Waals surface area contributed by atoms with E-state index in [9.17, 15) is 4.79 Å². The zero-order valence-electron chi connectivity index (χ0n) is 11.7. The number of nitrogens with one attached hydrogen (secondary N) is 1. The molecule has 0 fully saturated rings. The van der Waals surface area contributed by atoms with Crippen LogP contribution in [0.5, 0.6) is 0 Å². The summed E-state index contributed by atoms with van der Waals surface area (Å²) in [5.74, 6) is -0.0329. The average Bonchev–Trinajstić information content (AvgIpc) is 2.42. The van der Waals surface area contributed by atoms with Gasteiger partial charge in [-0.05, 0) is 24.1 Å². The van der Waals surface area contributed by atoms with Crippen LogP contribution in [0.3, 0.4) is 0 Å². The Balaban J connectivity index is 2.10. The second-order valence-corrected chi connectivity index (χ2v) is 5.89. The van der Waals surface area contributed by atoms with E-state index >= 15 is 0 Å². The van der Waals surface area contributed by atoms with Crippen molar-refractivity contribution in [3.05, 3.63) is 65.2 Å². The Labute approximate surface area is 124 Å². The van der Waals surface area contributed by atoms with Crippen molar-refractivity contribution in [3.8, 4) is 0 Å². The van der Waals surface area contributed by atoms with Gasteiger partial charge in [0.15, 0.2) is 0 Å². The van der Waals surface area contributed by atoms with Crippen LogP contribution < -0.4 is 5.32 Å². The smallest absolute Gasteiger partial charge is 0.230 e. The van der Waals surface area contributed by atoms with Crippen LogP contribution in [0.25, 0.3) is 0 Å². The normalized spacial score (nSPS) is 11.2. The highest BCUT2D eigenvalue weighted by atomic mass is 35.5. The number of hydrogen-bond acceptors (Lipinski definition) is 1. The number of halogens is 1. The lowest BCUT2D eigenvalue weighted by atomic mass is 9.84. The Morgan fingerprint density at radius 1 is 1.05 bits per heavy atom. The molecular formula is C17H18ClNO. The molecule has 2 rings (SSSR count).